The number of benzene rings is 2. The van der Waals surface area contributed by atoms with Crippen molar-refractivity contribution in [1.29, 1.82) is 0 Å². The Morgan fingerprint density at radius 1 is 0.925 bits per heavy atom. The molecule has 0 bridgehead atoms. The number of rotatable bonds is 14. The fourth-order valence-corrected chi connectivity index (χ4v) is 7.11. The molecule has 0 aliphatic carbocycles. The molecule has 2 saturated heterocycles. The fourth-order valence-electron chi connectivity index (χ4n) is 7.11. The number of fused-ring (bicyclic) bond motifs is 1. The molecule has 0 radical (unpaired) electrons. The number of anilines is 1. The molecule has 3 N–H and O–H groups in total. The minimum atomic E-state index is -0.338. The second-order valence-corrected chi connectivity index (χ2v) is 13.8. The number of ether oxygens (including phenoxy) is 1. The fraction of sp³-hybridized carbons (Fsp3) is 0.475. The van der Waals surface area contributed by atoms with Crippen LogP contribution in [0.25, 0.3) is 22.2 Å². The average molecular weight is 727 g/mol. The van der Waals surface area contributed by atoms with Crippen LogP contribution in [0.5, 0.6) is 0 Å². The SMILES string of the molecule is CCc1nc2c(cnn2CC)c(NC2CCOCC2)c1CNC(=O)CCC(=O)NCc1ccc(F)c(-c2cccc(CN3CCN(C(C)=O)CC3)c2)c1. The molecule has 0 saturated carbocycles. The molecule has 2 aromatic carbocycles. The summed E-state index contributed by atoms with van der Waals surface area (Å²) in [7, 11) is 0. The van der Waals surface area contributed by atoms with Crippen LogP contribution < -0.4 is 16.0 Å². The van der Waals surface area contributed by atoms with Crippen LogP contribution in [-0.4, -0.2) is 87.7 Å². The zero-order valence-electron chi connectivity index (χ0n) is 31.0. The van der Waals surface area contributed by atoms with Crippen LogP contribution in [0.1, 0.15) is 68.8 Å². The predicted octanol–water partition coefficient (Wildman–Crippen LogP) is 4.79. The van der Waals surface area contributed by atoms with E-state index in [1.807, 2.05) is 47.0 Å². The van der Waals surface area contributed by atoms with Gasteiger partial charge in [0.05, 0.1) is 17.3 Å². The van der Waals surface area contributed by atoms with Crippen LogP contribution in [-0.2, 0) is 51.7 Å². The molecule has 0 atom stereocenters. The largest absolute Gasteiger partial charge is 0.381 e. The lowest BCUT2D eigenvalue weighted by Gasteiger charge is -2.34. The molecule has 2 aliphatic rings. The zero-order chi connectivity index (χ0) is 37.3. The van der Waals surface area contributed by atoms with Crippen LogP contribution in [0.15, 0.2) is 48.7 Å². The Kier molecular flexibility index (Phi) is 12.7. The molecule has 13 heteroatoms. The van der Waals surface area contributed by atoms with E-state index in [0.29, 0.717) is 44.8 Å². The molecule has 3 amide bonds. The van der Waals surface area contributed by atoms with Crippen LogP contribution in [0.2, 0.25) is 0 Å². The second-order valence-electron chi connectivity index (χ2n) is 13.8. The first-order valence-electron chi connectivity index (χ1n) is 18.8. The molecule has 12 nitrogen and oxygen atoms in total. The van der Waals surface area contributed by atoms with Gasteiger partial charge in [-0.15, -0.1) is 0 Å². The molecular formula is C40H51FN8O4. The Bertz CT molecular complexity index is 1920. The second kappa shape index (κ2) is 17.8. The van der Waals surface area contributed by atoms with Gasteiger partial charge in [-0.25, -0.2) is 14.1 Å². The van der Waals surface area contributed by atoms with E-state index in [2.05, 4.69) is 32.9 Å². The molecule has 4 aromatic rings. The number of aromatic nitrogens is 3. The maximum Gasteiger partial charge on any atom is 0.220 e. The highest BCUT2D eigenvalue weighted by Gasteiger charge is 2.23. The van der Waals surface area contributed by atoms with E-state index in [9.17, 15) is 14.4 Å². The minimum absolute atomic E-state index is 0.0248. The van der Waals surface area contributed by atoms with Crippen molar-refractivity contribution in [3.8, 4) is 11.1 Å². The predicted molar refractivity (Wildman–Crippen MR) is 202 cm³/mol. The first kappa shape index (κ1) is 37.9. The number of nitrogens with zero attached hydrogens (tertiary/aromatic N) is 5. The number of hydrogen-bond acceptors (Lipinski definition) is 8. The molecule has 2 fully saturated rings. The number of pyridine rings is 1. The Balaban J connectivity index is 1.03. The number of nitrogens with one attached hydrogen (secondary N) is 3. The van der Waals surface area contributed by atoms with Gasteiger partial charge in [-0.1, -0.05) is 31.2 Å². The summed E-state index contributed by atoms with van der Waals surface area (Å²) in [5, 5.41) is 15.1. The van der Waals surface area contributed by atoms with Crippen molar-refractivity contribution in [2.45, 2.75) is 85.1 Å². The van der Waals surface area contributed by atoms with Gasteiger partial charge in [0.2, 0.25) is 17.7 Å². The zero-order valence-corrected chi connectivity index (χ0v) is 31.0. The smallest absolute Gasteiger partial charge is 0.220 e. The summed E-state index contributed by atoms with van der Waals surface area (Å²) in [6.07, 6.45) is 4.37. The summed E-state index contributed by atoms with van der Waals surface area (Å²) in [6, 6.07) is 12.9. The average Bonchev–Trinajstić information content (AvgIpc) is 3.59. The number of halogens is 1. The van der Waals surface area contributed by atoms with E-state index in [1.165, 1.54) is 6.07 Å². The monoisotopic (exact) mass is 726 g/mol. The van der Waals surface area contributed by atoms with E-state index in [-0.39, 0.29) is 55.5 Å². The van der Waals surface area contributed by atoms with Crippen LogP contribution in [0.4, 0.5) is 10.1 Å². The lowest BCUT2D eigenvalue weighted by Crippen LogP contribution is -2.47. The van der Waals surface area contributed by atoms with Gasteiger partial charge in [-0.2, -0.15) is 5.10 Å². The molecule has 53 heavy (non-hydrogen) atoms. The number of hydrogen-bond donors (Lipinski definition) is 3. The number of amides is 3. The third-order valence-corrected chi connectivity index (χ3v) is 10.2. The summed E-state index contributed by atoms with van der Waals surface area (Å²) in [5.41, 5.74) is 6.66. The van der Waals surface area contributed by atoms with Gasteiger partial charge >= 0.3 is 0 Å². The Morgan fingerprint density at radius 3 is 2.36 bits per heavy atom. The van der Waals surface area contributed by atoms with Crippen molar-refractivity contribution in [2.75, 3.05) is 44.7 Å². The normalized spacial score (nSPS) is 15.4. The maximum atomic E-state index is 15.1. The molecule has 4 heterocycles. The first-order valence-corrected chi connectivity index (χ1v) is 18.8. The van der Waals surface area contributed by atoms with Crippen molar-refractivity contribution >= 4 is 34.4 Å². The number of piperazine rings is 1. The lowest BCUT2D eigenvalue weighted by atomic mass is 10.00. The van der Waals surface area contributed by atoms with Crippen molar-refractivity contribution in [3.05, 3.63) is 76.9 Å². The van der Waals surface area contributed by atoms with Gasteiger partial charge in [-0.05, 0) is 61.1 Å². The Hall–Kier alpha value is -4.88. The van der Waals surface area contributed by atoms with E-state index in [0.717, 1.165) is 77.1 Å². The minimum Gasteiger partial charge on any atom is -0.381 e. The van der Waals surface area contributed by atoms with Crippen molar-refractivity contribution in [3.63, 3.8) is 0 Å². The quantitative estimate of drug-likeness (QED) is 0.169. The molecule has 0 spiro atoms. The third-order valence-electron chi connectivity index (χ3n) is 10.2. The van der Waals surface area contributed by atoms with Crippen LogP contribution in [0.3, 0.4) is 0 Å². The Labute approximate surface area is 310 Å². The molecule has 282 valence electrons. The summed E-state index contributed by atoms with van der Waals surface area (Å²) >= 11 is 0. The number of carbonyl (C=O) groups is 3. The van der Waals surface area contributed by atoms with Crippen LogP contribution >= 0.6 is 0 Å². The van der Waals surface area contributed by atoms with E-state index in [4.69, 9.17) is 9.72 Å². The molecule has 2 aromatic heterocycles. The standard InChI is InChI=1S/C40H51FN8O4/c1-4-36-33(39(45-31-13-19-53-20-14-31)34-25-44-49(5-2)40(34)46-36)24-43-38(52)12-11-37(51)42-23-28-9-10-35(41)32(22-28)30-8-6-7-29(21-30)26-47-15-17-48(18-16-47)27(3)50/h6-10,21-22,25,31H,4-5,11-20,23-24,26H2,1-3H3,(H,42,51)(H,43,52)(H,45,46). The highest BCUT2D eigenvalue weighted by Crippen LogP contribution is 2.31. The van der Waals surface area contributed by atoms with E-state index < -0.39 is 0 Å². The highest BCUT2D eigenvalue weighted by atomic mass is 19.1. The van der Waals surface area contributed by atoms with Gasteiger partial charge in [0.15, 0.2) is 5.65 Å². The van der Waals surface area contributed by atoms with Crippen LogP contribution in [0, 0.1) is 5.82 Å². The Morgan fingerprint density at radius 2 is 1.66 bits per heavy atom. The summed E-state index contributed by atoms with van der Waals surface area (Å²) in [4.78, 5) is 46.6. The van der Waals surface area contributed by atoms with Crippen molar-refractivity contribution in [1.82, 2.24) is 35.2 Å². The summed E-state index contributed by atoms with van der Waals surface area (Å²) in [6.45, 7) is 12.0. The van der Waals surface area contributed by atoms with Gasteiger partial charge < -0.3 is 25.6 Å². The van der Waals surface area contributed by atoms with Gasteiger partial charge in [0.1, 0.15) is 5.82 Å². The lowest BCUT2D eigenvalue weighted by molar-refractivity contribution is -0.130. The number of aryl methyl sites for hydroxylation is 2. The highest BCUT2D eigenvalue weighted by molar-refractivity contribution is 5.92. The van der Waals surface area contributed by atoms with Gasteiger partial charge in [-0.3, -0.25) is 19.3 Å². The third kappa shape index (κ3) is 9.57. The molecule has 6 rings (SSSR count). The summed E-state index contributed by atoms with van der Waals surface area (Å²) in [5.74, 6) is -0.728. The van der Waals surface area contributed by atoms with E-state index in [1.54, 1.807) is 19.1 Å². The van der Waals surface area contributed by atoms with Gasteiger partial charge in [0, 0.05) is 108 Å². The topological polar surface area (TPSA) is 134 Å². The molecule has 0 unspecified atom stereocenters. The van der Waals surface area contributed by atoms with E-state index >= 15 is 4.39 Å². The molecule has 2 aliphatic heterocycles. The van der Waals surface area contributed by atoms with Crippen molar-refractivity contribution < 1.29 is 23.5 Å². The van der Waals surface area contributed by atoms with Crippen molar-refractivity contribution in [2.24, 2.45) is 0 Å². The summed E-state index contributed by atoms with van der Waals surface area (Å²) < 4.78 is 22.5. The first-order chi connectivity index (χ1) is 25.7. The molecular weight excluding hydrogens is 675 g/mol. The maximum absolute atomic E-state index is 15.1. The van der Waals surface area contributed by atoms with Gasteiger partial charge in [0.25, 0.3) is 0 Å². The number of carbonyl (C=O) groups excluding carboxylic acids is 3.